The van der Waals surface area contributed by atoms with E-state index in [-0.39, 0.29) is 0 Å². The number of nitrogens with zero attached hydrogens (tertiary/aromatic N) is 5. The fraction of sp³-hybridized carbons (Fsp3) is 0.455. The molecule has 2 fully saturated rings. The number of piperazine rings is 1. The Morgan fingerprint density at radius 1 is 0.893 bits per heavy atom. The molecule has 1 aromatic carbocycles. The lowest BCUT2D eigenvalue weighted by Gasteiger charge is -2.44. The molecule has 0 N–H and O–H groups in total. The number of aliphatic imine (C=N–C) groups is 1. The quantitative estimate of drug-likeness (QED) is 0.742. The summed E-state index contributed by atoms with van der Waals surface area (Å²) in [5, 5.41) is 0. The van der Waals surface area contributed by atoms with Crippen LogP contribution in [-0.2, 0) is 0 Å². The molecule has 2 aliphatic heterocycles. The van der Waals surface area contributed by atoms with Crippen LogP contribution in [0.5, 0.6) is 0 Å². The smallest absolute Gasteiger partial charge is 0.207 e. The van der Waals surface area contributed by atoms with Gasteiger partial charge in [0.15, 0.2) is 0 Å². The minimum Gasteiger partial charge on any atom is -0.340 e. The largest absolute Gasteiger partial charge is 0.340 e. The molecule has 3 heterocycles. The van der Waals surface area contributed by atoms with E-state index in [9.17, 15) is 0 Å². The molecule has 0 atom stereocenters. The third-order valence-electron chi connectivity index (χ3n) is 6.00. The lowest BCUT2D eigenvalue weighted by Crippen LogP contribution is -2.55. The maximum absolute atomic E-state index is 4.83. The van der Waals surface area contributed by atoms with Crippen LogP contribution in [0.15, 0.2) is 58.5 Å². The first kappa shape index (κ1) is 18.0. The van der Waals surface area contributed by atoms with E-state index in [1.165, 1.54) is 43.2 Å². The van der Waals surface area contributed by atoms with Crippen molar-refractivity contribution in [2.75, 3.05) is 39.3 Å². The van der Waals surface area contributed by atoms with E-state index in [2.05, 4.69) is 49.4 Å². The molecule has 1 aromatic heterocycles. The Kier molecular flexibility index (Phi) is 5.23. The molecule has 5 rings (SSSR count). The Morgan fingerprint density at radius 3 is 2.39 bits per heavy atom. The van der Waals surface area contributed by atoms with Gasteiger partial charge in [-0.1, -0.05) is 24.6 Å². The maximum atomic E-state index is 4.83. The first-order valence-electron chi connectivity index (χ1n) is 10.4. The number of pyridine rings is 1. The first-order chi connectivity index (χ1) is 13.9. The second-order valence-electron chi connectivity index (χ2n) is 7.72. The van der Waals surface area contributed by atoms with E-state index in [1.807, 2.05) is 18.3 Å². The Morgan fingerprint density at radius 2 is 1.71 bits per heavy atom. The number of guanidine groups is 1. The Bertz CT molecular complexity index is 811. The molecule has 2 aromatic rings. The minimum absolute atomic E-state index is 0.857. The first-order valence-corrected chi connectivity index (χ1v) is 11.1. The van der Waals surface area contributed by atoms with Crippen LogP contribution >= 0.6 is 11.9 Å². The van der Waals surface area contributed by atoms with Crippen molar-refractivity contribution in [1.29, 1.82) is 0 Å². The molecule has 5 nitrogen and oxygen atoms in total. The molecule has 6 heteroatoms. The molecule has 146 valence electrons. The molecule has 1 saturated heterocycles. The number of benzene rings is 1. The maximum Gasteiger partial charge on any atom is 0.207 e. The van der Waals surface area contributed by atoms with Gasteiger partial charge in [0.25, 0.3) is 0 Å². The van der Waals surface area contributed by atoms with Gasteiger partial charge in [-0.3, -0.25) is 19.2 Å². The molecule has 1 aliphatic carbocycles. The monoisotopic (exact) mass is 393 g/mol. The molecule has 3 aliphatic rings. The summed E-state index contributed by atoms with van der Waals surface area (Å²) in [7, 11) is 0. The van der Waals surface area contributed by atoms with Crippen molar-refractivity contribution in [3.05, 3.63) is 48.7 Å². The average Bonchev–Trinajstić information content (AvgIpc) is 3.17. The highest BCUT2D eigenvalue weighted by Crippen LogP contribution is 2.30. The van der Waals surface area contributed by atoms with Crippen LogP contribution in [0, 0.1) is 0 Å². The third-order valence-corrected chi connectivity index (χ3v) is 7.05. The van der Waals surface area contributed by atoms with E-state index >= 15 is 0 Å². The Labute approximate surface area is 171 Å². The summed E-state index contributed by atoms with van der Waals surface area (Å²) in [5.41, 5.74) is 2.18. The second-order valence-corrected chi connectivity index (χ2v) is 8.82. The summed E-state index contributed by atoms with van der Waals surface area (Å²) < 4.78 is 2.37. The van der Waals surface area contributed by atoms with Crippen LogP contribution in [0.1, 0.15) is 19.3 Å². The number of hydrogen-bond acceptors (Lipinski definition) is 6. The number of hydrogen-bond donors (Lipinski definition) is 0. The lowest BCUT2D eigenvalue weighted by atomic mass is 9.91. The third kappa shape index (κ3) is 3.76. The van der Waals surface area contributed by atoms with E-state index in [4.69, 9.17) is 4.99 Å². The van der Waals surface area contributed by atoms with E-state index < -0.39 is 0 Å². The molecule has 0 spiro atoms. The zero-order valence-corrected chi connectivity index (χ0v) is 17.0. The van der Waals surface area contributed by atoms with Crippen LogP contribution in [0.4, 0.5) is 0 Å². The second kappa shape index (κ2) is 8.13. The summed E-state index contributed by atoms with van der Waals surface area (Å²) in [6.07, 6.45) is 6.06. The standard InChI is InChI=1S/C22H27N5S/c1-2-11-23-21(6-1)18-7-9-20(10-8-18)28-27-13-12-24-22(27)26-16-14-25(15-17-26)19-4-3-5-19/h1-2,6-11,19H,3-5,12-17H2. The fourth-order valence-electron chi connectivity index (χ4n) is 4.15. The molecule has 0 bridgehead atoms. The highest BCUT2D eigenvalue weighted by Gasteiger charge is 2.31. The highest BCUT2D eigenvalue weighted by atomic mass is 32.2. The molecule has 0 unspecified atom stereocenters. The summed E-state index contributed by atoms with van der Waals surface area (Å²) in [6.45, 7) is 6.46. The number of aromatic nitrogens is 1. The summed E-state index contributed by atoms with van der Waals surface area (Å²) in [4.78, 5) is 15.7. The fourth-order valence-corrected chi connectivity index (χ4v) is 5.09. The van der Waals surface area contributed by atoms with Crippen LogP contribution in [0.25, 0.3) is 11.3 Å². The van der Waals surface area contributed by atoms with Crippen molar-refractivity contribution in [3.63, 3.8) is 0 Å². The Hall–Kier alpha value is -2.05. The SMILES string of the molecule is c1ccc(-c2ccc(SN3CCN=C3N3CCN(C4CCC4)CC3)cc2)nc1. The van der Waals surface area contributed by atoms with Crippen molar-refractivity contribution < 1.29 is 0 Å². The van der Waals surface area contributed by atoms with Crippen LogP contribution in [0.3, 0.4) is 0 Å². The van der Waals surface area contributed by atoms with Crippen molar-refractivity contribution >= 4 is 17.9 Å². The molecule has 28 heavy (non-hydrogen) atoms. The lowest BCUT2D eigenvalue weighted by molar-refractivity contribution is 0.0835. The zero-order chi connectivity index (χ0) is 18.8. The van der Waals surface area contributed by atoms with Gasteiger partial charge in [-0.25, -0.2) is 0 Å². The van der Waals surface area contributed by atoms with Crippen molar-refractivity contribution in [2.24, 2.45) is 4.99 Å². The van der Waals surface area contributed by atoms with Gasteiger partial charge in [-0.2, -0.15) is 0 Å². The molecule has 0 radical (unpaired) electrons. The summed E-state index contributed by atoms with van der Waals surface area (Å²) in [6, 6.07) is 15.6. The van der Waals surface area contributed by atoms with Gasteiger partial charge in [-0.05, 0) is 49.1 Å². The predicted octanol–water partition coefficient (Wildman–Crippen LogP) is 3.60. The van der Waals surface area contributed by atoms with Crippen LogP contribution in [-0.4, -0.2) is 70.4 Å². The average molecular weight is 394 g/mol. The predicted molar refractivity (Wildman–Crippen MR) is 115 cm³/mol. The van der Waals surface area contributed by atoms with Crippen LogP contribution in [0.2, 0.25) is 0 Å². The highest BCUT2D eigenvalue weighted by molar-refractivity contribution is 7.97. The van der Waals surface area contributed by atoms with Gasteiger partial charge in [0.05, 0.1) is 18.8 Å². The van der Waals surface area contributed by atoms with Gasteiger partial charge in [0.1, 0.15) is 0 Å². The van der Waals surface area contributed by atoms with Crippen molar-refractivity contribution in [1.82, 2.24) is 19.1 Å². The van der Waals surface area contributed by atoms with Gasteiger partial charge in [0.2, 0.25) is 5.96 Å². The Balaban J connectivity index is 1.20. The van der Waals surface area contributed by atoms with Gasteiger partial charge in [0, 0.05) is 48.9 Å². The minimum atomic E-state index is 0.857. The number of rotatable bonds is 4. The molecule has 0 amide bonds. The molecule has 1 saturated carbocycles. The van der Waals surface area contributed by atoms with E-state index in [0.717, 1.165) is 43.5 Å². The summed E-state index contributed by atoms with van der Waals surface area (Å²) >= 11 is 1.81. The zero-order valence-electron chi connectivity index (χ0n) is 16.2. The molecular weight excluding hydrogens is 366 g/mol. The van der Waals surface area contributed by atoms with Crippen molar-refractivity contribution in [2.45, 2.75) is 30.2 Å². The van der Waals surface area contributed by atoms with E-state index in [0.29, 0.717) is 0 Å². The van der Waals surface area contributed by atoms with Gasteiger partial charge < -0.3 is 4.90 Å². The van der Waals surface area contributed by atoms with Crippen LogP contribution < -0.4 is 0 Å². The van der Waals surface area contributed by atoms with E-state index in [1.54, 1.807) is 11.9 Å². The van der Waals surface area contributed by atoms with Crippen molar-refractivity contribution in [3.8, 4) is 11.3 Å². The molecular formula is C22H27N5S. The topological polar surface area (TPSA) is 35.0 Å². The summed E-state index contributed by atoms with van der Waals surface area (Å²) in [5.74, 6) is 1.17. The van der Waals surface area contributed by atoms with Gasteiger partial charge in [-0.15, -0.1) is 0 Å². The normalized spacial score (nSPS) is 20.9. The van der Waals surface area contributed by atoms with Gasteiger partial charge >= 0.3 is 0 Å².